The molecule has 30 heavy (non-hydrogen) atoms. The molecule has 0 aromatic heterocycles. The highest BCUT2D eigenvalue weighted by Crippen LogP contribution is 2.26. The van der Waals surface area contributed by atoms with Crippen molar-refractivity contribution in [3.63, 3.8) is 0 Å². The van der Waals surface area contributed by atoms with Crippen LogP contribution >= 0.6 is 24.0 Å². The summed E-state index contributed by atoms with van der Waals surface area (Å²) in [6, 6.07) is 8.07. The number of piperidine rings is 1. The van der Waals surface area contributed by atoms with Crippen LogP contribution in [0.15, 0.2) is 29.3 Å². The lowest BCUT2D eigenvalue weighted by Gasteiger charge is -2.34. The molecule has 0 spiro atoms. The number of anilines is 1. The maximum absolute atomic E-state index is 12.4. The van der Waals surface area contributed by atoms with Crippen molar-refractivity contribution < 1.29 is 9.53 Å². The van der Waals surface area contributed by atoms with E-state index in [0.29, 0.717) is 12.6 Å². The molecule has 1 aliphatic heterocycles. The number of carbonyl (C=O) groups is 1. The molecule has 1 saturated heterocycles. The van der Waals surface area contributed by atoms with Gasteiger partial charge in [-0.2, -0.15) is 0 Å². The van der Waals surface area contributed by atoms with E-state index in [1.54, 1.807) is 0 Å². The Hall–Kier alpha value is -1.35. The average molecular weight is 528 g/mol. The highest BCUT2D eigenvalue weighted by atomic mass is 127. The molecule has 2 N–H and O–H groups in total. The lowest BCUT2D eigenvalue weighted by Crippen LogP contribution is -2.47. The number of aliphatic imine (C=N–C) groups is 1. The molecule has 1 amide bonds. The Morgan fingerprint density at radius 3 is 2.57 bits per heavy atom. The molecule has 0 bridgehead atoms. The maximum atomic E-state index is 12.4. The standard InChI is InChI=1S/C23H36N4O2.HI/c1-3-24-23(27-14-12-21(13-15-27)29-4-2)25-17-18-8-7-11-20(16-18)26-22(28)19-9-5-6-10-19;/h7-8,11,16,19,21H,3-6,9-10,12-15,17H2,1-2H3,(H,24,25)(H,26,28);1H. The SMILES string of the molecule is CCNC(=NCc1cccc(NC(=O)C2CCCC2)c1)N1CCC(OCC)CC1.I. The molecule has 1 saturated carbocycles. The van der Waals surface area contributed by atoms with Crippen LogP contribution in [0, 0.1) is 5.92 Å². The number of hydrogen-bond acceptors (Lipinski definition) is 3. The van der Waals surface area contributed by atoms with Crippen LogP contribution in [0.25, 0.3) is 0 Å². The quantitative estimate of drug-likeness (QED) is 0.313. The third-order valence-corrected chi connectivity index (χ3v) is 5.81. The Morgan fingerprint density at radius 2 is 1.90 bits per heavy atom. The monoisotopic (exact) mass is 528 g/mol. The van der Waals surface area contributed by atoms with Crippen LogP contribution in [0.3, 0.4) is 0 Å². The number of carbonyl (C=O) groups excluding carboxylic acids is 1. The second kappa shape index (κ2) is 13.1. The van der Waals surface area contributed by atoms with Gasteiger partial charge in [0.2, 0.25) is 5.91 Å². The van der Waals surface area contributed by atoms with Gasteiger partial charge < -0.3 is 20.3 Å². The summed E-state index contributed by atoms with van der Waals surface area (Å²) >= 11 is 0. The number of hydrogen-bond donors (Lipinski definition) is 2. The predicted octanol–water partition coefficient (Wildman–Crippen LogP) is 4.40. The lowest BCUT2D eigenvalue weighted by molar-refractivity contribution is -0.119. The fourth-order valence-electron chi connectivity index (χ4n) is 4.24. The number of benzene rings is 1. The molecule has 6 nitrogen and oxygen atoms in total. The van der Waals surface area contributed by atoms with E-state index in [4.69, 9.17) is 9.73 Å². The van der Waals surface area contributed by atoms with Gasteiger partial charge in [0.05, 0.1) is 12.6 Å². The number of nitrogens with one attached hydrogen (secondary N) is 2. The van der Waals surface area contributed by atoms with Gasteiger partial charge in [-0.15, -0.1) is 24.0 Å². The zero-order chi connectivity index (χ0) is 20.5. The highest BCUT2D eigenvalue weighted by Gasteiger charge is 2.23. The third-order valence-electron chi connectivity index (χ3n) is 5.81. The normalized spacial score (nSPS) is 18.2. The first-order chi connectivity index (χ1) is 14.2. The molecule has 2 aliphatic rings. The van der Waals surface area contributed by atoms with Crippen molar-refractivity contribution in [2.24, 2.45) is 10.9 Å². The van der Waals surface area contributed by atoms with Crippen molar-refractivity contribution in [1.29, 1.82) is 0 Å². The van der Waals surface area contributed by atoms with E-state index in [-0.39, 0.29) is 35.8 Å². The molecule has 1 aliphatic carbocycles. The maximum Gasteiger partial charge on any atom is 0.227 e. The molecule has 3 rings (SSSR count). The second-order valence-electron chi connectivity index (χ2n) is 7.98. The molecule has 0 unspecified atom stereocenters. The van der Waals surface area contributed by atoms with Crippen LogP contribution < -0.4 is 10.6 Å². The van der Waals surface area contributed by atoms with Gasteiger partial charge in [-0.1, -0.05) is 25.0 Å². The summed E-state index contributed by atoms with van der Waals surface area (Å²) in [5, 5.41) is 6.51. The number of ether oxygens (including phenoxy) is 1. The second-order valence-corrected chi connectivity index (χ2v) is 7.98. The smallest absolute Gasteiger partial charge is 0.227 e. The number of guanidine groups is 1. The van der Waals surface area contributed by atoms with E-state index in [2.05, 4.69) is 35.4 Å². The minimum Gasteiger partial charge on any atom is -0.378 e. The molecule has 1 heterocycles. The summed E-state index contributed by atoms with van der Waals surface area (Å²) in [5.41, 5.74) is 1.98. The fraction of sp³-hybridized carbons (Fsp3) is 0.652. The molecule has 1 aromatic rings. The van der Waals surface area contributed by atoms with Crippen molar-refractivity contribution in [2.75, 3.05) is 31.6 Å². The van der Waals surface area contributed by atoms with E-state index in [1.165, 1.54) is 12.8 Å². The molecule has 168 valence electrons. The molecular formula is C23H37IN4O2. The van der Waals surface area contributed by atoms with E-state index >= 15 is 0 Å². The Kier molecular flexibility index (Phi) is 10.9. The van der Waals surface area contributed by atoms with Gasteiger partial charge in [-0.3, -0.25) is 4.79 Å². The molecule has 7 heteroatoms. The Morgan fingerprint density at radius 1 is 1.17 bits per heavy atom. The number of likely N-dealkylation sites (tertiary alicyclic amines) is 1. The van der Waals surface area contributed by atoms with Gasteiger partial charge in [0.15, 0.2) is 5.96 Å². The number of halogens is 1. The van der Waals surface area contributed by atoms with E-state index in [0.717, 1.165) is 69.1 Å². The van der Waals surface area contributed by atoms with E-state index in [1.807, 2.05) is 18.2 Å². The number of rotatable bonds is 7. The van der Waals surface area contributed by atoms with Gasteiger partial charge in [0.25, 0.3) is 0 Å². The predicted molar refractivity (Wildman–Crippen MR) is 133 cm³/mol. The zero-order valence-electron chi connectivity index (χ0n) is 18.4. The van der Waals surface area contributed by atoms with Crippen LogP contribution in [-0.4, -0.2) is 49.1 Å². The van der Waals surface area contributed by atoms with Crippen molar-refractivity contribution in [2.45, 2.75) is 65.0 Å². The third kappa shape index (κ3) is 7.41. The molecule has 1 aromatic carbocycles. The Balaban J connectivity index is 0.00000320. The largest absolute Gasteiger partial charge is 0.378 e. The van der Waals surface area contributed by atoms with Crippen molar-refractivity contribution in [3.05, 3.63) is 29.8 Å². The van der Waals surface area contributed by atoms with Crippen LogP contribution in [0.2, 0.25) is 0 Å². The van der Waals surface area contributed by atoms with Crippen LogP contribution in [0.4, 0.5) is 5.69 Å². The molecule has 0 atom stereocenters. The van der Waals surface area contributed by atoms with Crippen molar-refractivity contribution in [3.8, 4) is 0 Å². The molecule has 2 fully saturated rings. The Labute approximate surface area is 198 Å². The van der Waals surface area contributed by atoms with Crippen LogP contribution in [0.1, 0.15) is 57.9 Å². The average Bonchev–Trinajstić information content (AvgIpc) is 3.27. The molecule has 0 radical (unpaired) electrons. The number of nitrogens with zero attached hydrogens (tertiary/aromatic N) is 2. The fourth-order valence-corrected chi connectivity index (χ4v) is 4.24. The summed E-state index contributed by atoms with van der Waals surface area (Å²) in [7, 11) is 0. The van der Waals surface area contributed by atoms with Crippen molar-refractivity contribution in [1.82, 2.24) is 10.2 Å². The van der Waals surface area contributed by atoms with E-state index in [9.17, 15) is 4.79 Å². The van der Waals surface area contributed by atoms with Gasteiger partial charge in [-0.05, 0) is 57.2 Å². The number of amides is 1. The minimum absolute atomic E-state index is 0. The van der Waals surface area contributed by atoms with Crippen molar-refractivity contribution >= 4 is 41.5 Å². The summed E-state index contributed by atoms with van der Waals surface area (Å²) < 4.78 is 5.76. The van der Waals surface area contributed by atoms with Gasteiger partial charge >= 0.3 is 0 Å². The summed E-state index contributed by atoms with van der Waals surface area (Å²) in [6.45, 7) is 8.32. The first kappa shape index (κ1) is 24.9. The first-order valence-corrected chi connectivity index (χ1v) is 11.2. The summed E-state index contributed by atoms with van der Waals surface area (Å²) in [6.07, 6.45) is 6.83. The summed E-state index contributed by atoms with van der Waals surface area (Å²) in [5.74, 6) is 1.30. The van der Waals surface area contributed by atoms with Gasteiger partial charge in [-0.25, -0.2) is 4.99 Å². The van der Waals surface area contributed by atoms with Crippen LogP contribution in [-0.2, 0) is 16.1 Å². The highest BCUT2D eigenvalue weighted by molar-refractivity contribution is 14.0. The zero-order valence-corrected chi connectivity index (χ0v) is 20.7. The van der Waals surface area contributed by atoms with Crippen LogP contribution in [0.5, 0.6) is 0 Å². The molecular weight excluding hydrogens is 491 g/mol. The lowest BCUT2D eigenvalue weighted by atomic mass is 10.1. The summed E-state index contributed by atoms with van der Waals surface area (Å²) in [4.78, 5) is 19.6. The van der Waals surface area contributed by atoms with E-state index < -0.39 is 0 Å². The first-order valence-electron chi connectivity index (χ1n) is 11.2. The Bertz CT molecular complexity index is 684. The topological polar surface area (TPSA) is 66.0 Å². The minimum atomic E-state index is 0. The van der Waals surface area contributed by atoms with Gasteiger partial charge in [0.1, 0.15) is 0 Å². The van der Waals surface area contributed by atoms with Gasteiger partial charge in [0, 0.05) is 37.8 Å².